The highest BCUT2D eigenvalue weighted by molar-refractivity contribution is 7.92. The van der Waals surface area contributed by atoms with Crippen molar-refractivity contribution in [3.63, 3.8) is 0 Å². The zero-order valence-electron chi connectivity index (χ0n) is 21.5. The van der Waals surface area contributed by atoms with E-state index >= 15 is 0 Å². The van der Waals surface area contributed by atoms with E-state index in [0.29, 0.717) is 5.56 Å². The molecule has 1 heterocycles. The van der Waals surface area contributed by atoms with Gasteiger partial charge in [0.15, 0.2) is 11.6 Å². The first-order chi connectivity index (χ1) is 17.2. The minimum absolute atomic E-state index is 0.0757. The van der Waals surface area contributed by atoms with E-state index in [-0.39, 0.29) is 59.4 Å². The standard InChI is InChI=1S/C26H32FNO8S/c1-16(26(2,3)4)35-25(31)13-17-6-10-22-21(12-17)28(15-18(36-22)7-11-24(29)30)37(32,33)19-8-9-20(27)23(14-19)34-5/h6,8-10,12,14,16,18H,7,11,13,15H2,1-5H3,(H,29,30)/t16-,18-/m0/s1. The fraction of sp³-hybridized carbons (Fsp3) is 0.462. The van der Waals surface area contributed by atoms with Gasteiger partial charge in [-0.2, -0.15) is 0 Å². The fourth-order valence-electron chi connectivity index (χ4n) is 3.64. The third-order valence-corrected chi connectivity index (χ3v) is 8.00. The van der Waals surface area contributed by atoms with Gasteiger partial charge in [-0.3, -0.25) is 13.9 Å². The van der Waals surface area contributed by atoms with Gasteiger partial charge in [-0.25, -0.2) is 12.8 Å². The van der Waals surface area contributed by atoms with E-state index < -0.39 is 33.9 Å². The predicted octanol–water partition coefficient (Wildman–Crippen LogP) is 4.18. The summed E-state index contributed by atoms with van der Waals surface area (Å²) in [6, 6.07) is 7.92. The summed E-state index contributed by atoms with van der Waals surface area (Å²) >= 11 is 0. The Bertz CT molecular complexity index is 1270. The van der Waals surface area contributed by atoms with E-state index in [1.807, 2.05) is 20.8 Å². The van der Waals surface area contributed by atoms with Crippen LogP contribution in [0.2, 0.25) is 0 Å². The van der Waals surface area contributed by atoms with Crippen molar-refractivity contribution in [2.24, 2.45) is 5.41 Å². The summed E-state index contributed by atoms with van der Waals surface area (Å²) in [5.74, 6) is -2.23. The lowest BCUT2D eigenvalue weighted by molar-refractivity contribution is -0.152. The molecule has 0 fully saturated rings. The molecule has 0 aliphatic carbocycles. The molecule has 0 bridgehead atoms. The van der Waals surface area contributed by atoms with Gasteiger partial charge >= 0.3 is 11.9 Å². The van der Waals surface area contributed by atoms with Gasteiger partial charge in [0.2, 0.25) is 0 Å². The molecule has 2 aromatic rings. The normalized spacial score (nSPS) is 16.4. The molecule has 2 atom stereocenters. The maximum Gasteiger partial charge on any atom is 0.310 e. The average Bonchev–Trinajstić information content (AvgIpc) is 2.81. The van der Waals surface area contributed by atoms with Crippen molar-refractivity contribution in [3.05, 3.63) is 47.8 Å². The van der Waals surface area contributed by atoms with Crippen LogP contribution in [0.4, 0.5) is 10.1 Å². The number of sulfonamides is 1. The number of halogens is 1. The topological polar surface area (TPSA) is 119 Å². The Morgan fingerprint density at radius 2 is 1.92 bits per heavy atom. The van der Waals surface area contributed by atoms with Crippen LogP contribution in [-0.4, -0.2) is 51.3 Å². The van der Waals surface area contributed by atoms with Crippen LogP contribution in [0.5, 0.6) is 11.5 Å². The first-order valence-corrected chi connectivity index (χ1v) is 13.2. The maximum absolute atomic E-state index is 14.0. The molecule has 0 unspecified atom stereocenters. The van der Waals surface area contributed by atoms with Crippen molar-refractivity contribution in [2.75, 3.05) is 18.0 Å². The Hall–Kier alpha value is -3.34. The maximum atomic E-state index is 14.0. The molecule has 2 aromatic carbocycles. The molecule has 202 valence electrons. The molecular weight excluding hydrogens is 505 g/mol. The van der Waals surface area contributed by atoms with Crippen molar-refractivity contribution in [2.45, 2.75) is 64.1 Å². The number of rotatable bonds is 9. The van der Waals surface area contributed by atoms with Crippen molar-refractivity contribution in [1.29, 1.82) is 0 Å². The molecule has 0 radical (unpaired) electrons. The predicted molar refractivity (Wildman–Crippen MR) is 134 cm³/mol. The van der Waals surface area contributed by atoms with Gasteiger partial charge in [0.1, 0.15) is 18.0 Å². The van der Waals surface area contributed by atoms with Gasteiger partial charge in [0.05, 0.1) is 30.7 Å². The van der Waals surface area contributed by atoms with E-state index in [4.69, 9.17) is 19.3 Å². The number of carboxylic acids is 1. The number of hydrogen-bond acceptors (Lipinski definition) is 7. The molecule has 1 N–H and O–H groups in total. The lowest BCUT2D eigenvalue weighted by Crippen LogP contribution is -2.43. The summed E-state index contributed by atoms with van der Waals surface area (Å²) in [6.45, 7) is 7.50. The van der Waals surface area contributed by atoms with Crippen LogP contribution < -0.4 is 13.8 Å². The number of nitrogens with zero attached hydrogens (tertiary/aromatic N) is 1. The molecular formula is C26H32FNO8S. The summed E-state index contributed by atoms with van der Waals surface area (Å²) < 4.78 is 58.8. The highest BCUT2D eigenvalue weighted by atomic mass is 32.2. The molecule has 37 heavy (non-hydrogen) atoms. The molecule has 0 spiro atoms. The van der Waals surface area contributed by atoms with Crippen LogP contribution in [0.25, 0.3) is 0 Å². The second kappa shape index (κ2) is 11.0. The molecule has 1 aliphatic heterocycles. The summed E-state index contributed by atoms with van der Waals surface area (Å²) in [6.07, 6.45) is -1.29. The lowest BCUT2D eigenvalue weighted by Gasteiger charge is -2.35. The molecule has 0 saturated heterocycles. The SMILES string of the molecule is COc1cc(S(=O)(=O)N2C[C@H](CCC(=O)O)Oc3ccc(CC(=O)O[C@@H](C)C(C)(C)C)cc32)ccc1F. The molecule has 9 nitrogen and oxygen atoms in total. The number of methoxy groups -OCH3 is 1. The Morgan fingerprint density at radius 1 is 1.22 bits per heavy atom. The quantitative estimate of drug-likeness (QED) is 0.473. The number of carbonyl (C=O) groups is 2. The van der Waals surface area contributed by atoms with E-state index in [0.717, 1.165) is 22.5 Å². The van der Waals surface area contributed by atoms with E-state index in [1.165, 1.54) is 13.2 Å². The van der Waals surface area contributed by atoms with Gasteiger partial charge in [-0.15, -0.1) is 0 Å². The summed E-state index contributed by atoms with van der Waals surface area (Å²) in [4.78, 5) is 23.4. The van der Waals surface area contributed by atoms with E-state index in [1.54, 1.807) is 19.1 Å². The Morgan fingerprint density at radius 3 is 2.54 bits per heavy atom. The Labute approximate surface area is 216 Å². The second-order valence-corrected chi connectivity index (χ2v) is 11.8. The summed E-state index contributed by atoms with van der Waals surface area (Å²) in [5.41, 5.74) is 0.448. The number of hydrogen-bond donors (Lipinski definition) is 1. The molecule has 3 rings (SSSR count). The largest absolute Gasteiger partial charge is 0.494 e. The van der Waals surface area contributed by atoms with Gasteiger partial charge in [0, 0.05) is 12.5 Å². The van der Waals surface area contributed by atoms with Gasteiger partial charge in [-0.1, -0.05) is 26.8 Å². The van der Waals surface area contributed by atoms with Gasteiger partial charge in [0.25, 0.3) is 10.0 Å². The van der Waals surface area contributed by atoms with E-state index in [9.17, 15) is 22.4 Å². The number of carboxylic acid groups (broad SMARTS) is 1. The van der Waals surface area contributed by atoms with Crippen LogP contribution in [0.1, 0.15) is 46.1 Å². The zero-order valence-corrected chi connectivity index (χ0v) is 22.3. The summed E-state index contributed by atoms with van der Waals surface area (Å²) in [5, 5.41) is 9.08. The Balaban J connectivity index is 1.98. The third kappa shape index (κ3) is 6.71. The van der Waals surface area contributed by atoms with Crippen molar-refractivity contribution in [3.8, 4) is 11.5 Å². The van der Waals surface area contributed by atoms with Crippen molar-refractivity contribution >= 4 is 27.6 Å². The monoisotopic (exact) mass is 537 g/mol. The van der Waals surface area contributed by atoms with Crippen LogP contribution in [-0.2, 0) is 30.8 Å². The number of aliphatic carboxylic acids is 1. The van der Waals surface area contributed by atoms with Crippen molar-refractivity contribution < 1.29 is 41.7 Å². The van der Waals surface area contributed by atoms with Crippen LogP contribution in [0, 0.1) is 11.2 Å². The minimum Gasteiger partial charge on any atom is -0.494 e. The number of fused-ring (bicyclic) bond motifs is 1. The summed E-state index contributed by atoms with van der Waals surface area (Å²) in [7, 11) is -3.01. The molecule has 11 heteroatoms. The number of esters is 1. The smallest absolute Gasteiger partial charge is 0.310 e. The fourth-order valence-corrected chi connectivity index (χ4v) is 5.15. The number of anilines is 1. The molecule has 1 aliphatic rings. The lowest BCUT2D eigenvalue weighted by atomic mass is 9.90. The third-order valence-electron chi connectivity index (χ3n) is 6.22. The van der Waals surface area contributed by atoms with Crippen LogP contribution in [0.15, 0.2) is 41.3 Å². The second-order valence-electron chi connectivity index (χ2n) is 9.98. The average molecular weight is 538 g/mol. The molecule has 0 aromatic heterocycles. The van der Waals surface area contributed by atoms with Crippen LogP contribution in [0.3, 0.4) is 0 Å². The number of ether oxygens (including phenoxy) is 3. The van der Waals surface area contributed by atoms with Crippen LogP contribution >= 0.6 is 0 Å². The molecule has 0 saturated carbocycles. The first kappa shape index (κ1) is 28.2. The zero-order chi connectivity index (χ0) is 27.5. The number of benzene rings is 2. The van der Waals surface area contributed by atoms with Gasteiger partial charge in [-0.05, 0) is 48.6 Å². The van der Waals surface area contributed by atoms with Gasteiger partial charge < -0.3 is 19.3 Å². The minimum atomic E-state index is -4.24. The molecule has 0 amide bonds. The number of carbonyl (C=O) groups excluding carboxylic acids is 1. The Kier molecular flexibility index (Phi) is 8.36. The highest BCUT2D eigenvalue weighted by Gasteiger charge is 2.35. The first-order valence-electron chi connectivity index (χ1n) is 11.8. The highest BCUT2D eigenvalue weighted by Crippen LogP contribution is 2.39. The van der Waals surface area contributed by atoms with E-state index in [2.05, 4.69) is 0 Å². The van der Waals surface area contributed by atoms with Crippen molar-refractivity contribution in [1.82, 2.24) is 0 Å².